The van der Waals surface area contributed by atoms with Gasteiger partial charge < -0.3 is 28.5 Å². The molecule has 5 atom stereocenters. The third kappa shape index (κ3) is 1.62. The summed E-state index contributed by atoms with van der Waals surface area (Å²) in [6, 6.07) is 7.86. The number of hydrogen-bond acceptors (Lipinski definition) is 6. The lowest BCUT2D eigenvalue weighted by molar-refractivity contribution is -0.156. The zero-order chi connectivity index (χ0) is 13.7. The molecule has 7 heteroatoms. The summed E-state index contributed by atoms with van der Waals surface area (Å²) in [5.41, 5.74) is 2.01. The molecule has 20 heavy (non-hydrogen) atoms. The normalized spacial score (nSPS) is 42.1. The van der Waals surface area contributed by atoms with Gasteiger partial charge in [0.2, 0.25) is 0 Å². The van der Waals surface area contributed by atoms with Gasteiger partial charge in [-0.25, -0.2) is 0 Å². The van der Waals surface area contributed by atoms with E-state index in [4.69, 9.17) is 23.4 Å². The minimum Gasteiger partial charge on any atom is -0.537 e. The first-order chi connectivity index (χ1) is 9.77. The molecule has 1 N–H and O–H groups in total. The van der Waals surface area contributed by atoms with Crippen LogP contribution in [0.2, 0.25) is 0 Å². The van der Waals surface area contributed by atoms with Crippen molar-refractivity contribution in [1.82, 2.24) is 0 Å². The van der Waals surface area contributed by atoms with Crippen LogP contribution in [0, 0.1) is 0 Å². The summed E-state index contributed by atoms with van der Waals surface area (Å²) in [6.45, 7) is -1.62. The van der Waals surface area contributed by atoms with E-state index in [0.717, 1.165) is 11.0 Å². The molecular formula is C13H16BO6-. The van der Waals surface area contributed by atoms with E-state index in [-0.39, 0.29) is 18.8 Å². The van der Waals surface area contributed by atoms with Gasteiger partial charge in [0, 0.05) is 13.7 Å². The number of benzene rings is 1. The molecule has 6 nitrogen and oxygen atoms in total. The third-order valence-electron chi connectivity index (χ3n) is 4.25. The van der Waals surface area contributed by atoms with Crippen LogP contribution in [0.15, 0.2) is 24.3 Å². The highest BCUT2D eigenvalue weighted by molar-refractivity contribution is 6.77. The van der Waals surface area contributed by atoms with Crippen LogP contribution in [0.1, 0.15) is 5.56 Å². The van der Waals surface area contributed by atoms with E-state index in [2.05, 4.69) is 0 Å². The van der Waals surface area contributed by atoms with Crippen LogP contribution in [0.3, 0.4) is 0 Å². The first kappa shape index (κ1) is 12.8. The average Bonchev–Trinajstić information content (AvgIpc) is 3.12. The van der Waals surface area contributed by atoms with Crippen molar-refractivity contribution in [1.29, 1.82) is 0 Å². The summed E-state index contributed by atoms with van der Waals surface area (Å²) < 4.78 is 28.7. The van der Waals surface area contributed by atoms with Crippen molar-refractivity contribution in [3.63, 3.8) is 0 Å². The van der Waals surface area contributed by atoms with E-state index in [1.54, 1.807) is 7.11 Å². The Bertz CT molecular complexity index is 505. The van der Waals surface area contributed by atoms with Crippen LogP contribution < -0.4 is 5.46 Å². The van der Waals surface area contributed by atoms with E-state index in [1.165, 1.54) is 0 Å². The molecule has 4 rings (SSSR count). The largest absolute Gasteiger partial charge is 0.537 e. The summed E-state index contributed by atoms with van der Waals surface area (Å²) in [5.74, 6) is 0. The van der Waals surface area contributed by atoms with Gasteiger partial charge >= 0.3 is 6.75 Å². The first-order valence-corrected chi connectivity index (χ1v) is 6.78. The maximum absolute atomic E-state index is 9.40. The van der Waals surface area contributed by atoms with Crippen molar-refractivity contribution in [2.75, 3.05) is 13.7 Å². The van der Waals surface area contributed by atoms with Gasteiger partial charge in [0.25, 0.3) is 0 Å². The number of aliphatic hydroxyl groups is 1. The fourth-order valence-electron chi connectivity index (χ4n) is 3.31. The lowest BCUT2D eigenvalue weighted by Gasteiger charge is -2.33. The standard InChI is InChI=1S/C13H16BO6/c1-16-13-12-11(10(6-15)18-13)19-14(20-12)9-5-3-2-4-8(9)7-17-14/h2-5,10-13,15H,6-7H2,1H3/q-1/t10-,11?,12+,13-,14?/m1/s1. The van der Waals surface area contributed by atoms with E-state index >= 15 is 0 Å². The van der Waals surface area contributed by atoms with E-state index in [9.17, 15) is 5.11 Å². The van der Waals surface area contributed by atoms with Gasteiger partial charge in [-0.15, -0.1) is 5.46 Å². The highest BCUT2D eigenvalue weighted by Crippen LogP contribution is 2.39. The maximum atomic E-state index is 9.40. The SMILES string of the molecule is CO[C@@H]1O[C@H](CO)C2O[B-]3(OCc4ccccc43)O[C@@H]21. The summed E-state index contributed by atoms with van der Waals surface area (Å²) in [4.78, 5) is 0. The van der Waals surface area contributed by atoms with Crippen LogP contribution in [0.5, 0.6) is 0 Å². The van der Waals surface area contributed by atoms with Gasteiger partial charge in [-0.2, -0.15) is 0 Å². The Kier molecular flexibility index (Phi) is 2.89. The van der Waals surface area contributed by atoms with Gasteiger partial charge in [-0.3, -0.25) is 0 Å². The second kappa shape index (κ2) is 4.52. The highest BCUT2D eigenvalue weighted by Gasteiger charge is 2.57. The summed E-state index contributed by atoms with van der Waals surface area (Å²) in [7, 11) is 1.55. The van der Waals surface area contributed by atoms with Gasteiger partial charge in [0.05, 0.1) is 18.8 Å². The Morgan fingerprint density at radius 1 is 1.30 bits per heavy atom. The highest BCUT2D eigenvalue weighted by atomic mass is 16.8. The molecule has 0 aliphatic carbocycles. The molecule has 3 aliphatic heterocycles. The molecule has 3 heterocycles. The van der Waals surface area contributed by atoms with Crippen molar-refractivity contribution in [2.24, 2.45) is 0 Å². The topological polar surface area (TPSA) is 66.4 Å². The molecule has 1 spiro atoms. The Labute approximate surface area is 116 Å². The zero-order valence-electron chi connectivity index (χ0n) is 11.1. The molecule has 0 amide bonds. The van der Waals surface area contributed by atoms with Crippen molar-refractivity contribution >= 4 is 12.2 Å². The molecule has 2 fully saturated rings. The summed E-state index contributed by atoms with van der Waals surface area (Å²) in [6.07, 6.45) is -1.77. The monoisotopic (exact) mass is 279 g/mol. The number of hydrogen-bond donors (Lipinski definition) is 1. The van der Waals surface area contributed by atoms with Crippen LogP contribution >= 0.6 is 0 Å². The van der Waals surface area contributed by atoms with Crippen molar-refractivity contribution < 1.29 is 28.5 Å². The molecule has 0 saturated carbocycles. The number of aliphatic hydroxyl groups excluding tert-OH is 1. The lowest BCUT2D eigenvalue weighted by atomic mass is 9.70. The minimum atomic E-state index is -1.95. The van der Waals surface area contributed by atoms with Gasteiger partial charge in [0.15, 0.2) is 6.29 Å². The zero-order valence-corrected chi connectivity index (χ0v) is 11.1. The molecule has 108 valence electrons. The predicted octanol–water partition coefficient (Wildman–Crippen LogP) is -0.490. The molecule has 0 bridgehead atoms. The van der Waals surface area contributed by atoms with Crippen molar-refractivity contribution in [3.8, 4) is 0 Å². The number of fused-ring (bicyclic) bond motifs is 3. The van der Waals surface area contributed by atoms with Crippen LogP contribution in [-0.4, -0.2) is 50.2 Å². The summed E-state index contributed by atoms with van der Waals surface area (Å²) in [5, 5.41) is 9.40. The molecular weight excluding hydrogens is 263 g/mol. The quantitative estimate of drug-likeness (QED) is 0.737. The molecule has 0 radical (unpaired) electrons. The van der Waals surface area contributed by atoms with Gasteiger partial charge in [-0.1, -0.05) is 29.8 Å². The first-order valence-electron chi connectivity index (χ1n) is 6.78. The van der Waals surface area contributed by atoms with Gasteiger partial charge in [0.1, 0.15) is 6.10 Å². The second-order valence-electron chi connectivity index (χ2n) is 5.31. The van der Waals surface area contributed by atoms with E-state index < -0.39 is 19.1 Å². The Morgan fingerprint density at radius 3 is 2.90 bits per heavy atom. The smallest absolute Gasteiger partial charge is 0.410 e. The van der Waals surface area contributed by atoms with Crippen LogP contribution in [-0.2, 0) is 30.0 Å². The van der Waals surface area contributed by atoms with E-state index in [0.29, 0.717) is 6.61 Å². The van der Waals surface area contributed by atoms with E-state index in [1.807, 2.05) is 24.3 Å². The second-order valence-corrected chi connectivity index (χ2v) is 5.31. The Hall–Kier alpha value is -0.955. The van der Waals surface area contributed by atoms with Crippen molar-refractivity contribution in [3.05, 3.63) is 29.8 Å². The van der Waals surface area contributed by atoms with Gasteiger partial charge in [-0.05, 0) is 0 Å². The van der Waals surface area contributed by atoms with Crippen molar-refractivity contribution in [2.45, 2.75) is 31.2 Å². The molecule has 0 aromatic heterocycles. The molecule has 3 aliphatic rings. The maximum Gasteiger partial charge on any atom is 0.410 e. The molecule has 2 unspecified atom stereocenters. The third-order valence-corrected chi connectivity index (χ3v) is 4.25. The summed E-state index contributed by atoms with van der Waals surface area (Å²) >= 11 is 0. The van der Waals surface area contributed by atoms with Crippen LogP contribution in [0.4, 0.5) is 0 Å². The lowest BCUT2D eigenvalue weighted by Crippen LogP contribution is -2.51. The fourth-order valence-corrected chi connectivity index (χ4v) is 3.31. The Morgan fingerprint density at radius 2 is 2.10 bits per heavy atom. The molecule has 1 aromatic carbocycles. The minimum absolute atomic E-state index is 0.141. The number of rotatable bonds is 2. The number of ether oxygens (including phenoxy) is 2. The average molecular weight is 279 g/mol. The Balaban J connectivity index is 1.68. The van der Waals surface area contributed by atoms with Crippen LogP contribution in [0.25, 0.3) is 0 Å². The predicted molar refractivity (Wildman–Crippen MR) is 69.1 cm³/mol. The molecule has 2 saturated heterocycles. The fraction of sp³-hybridized carbons (Fsp3) is 0.538. The molecule has 1 aromatic rings. The number of methoxy groups -OCH3 is 1.